The number of carbonyl (C=O) groups excluding carboxylic acids is 2. The molecule has 0 aromatic heterocycles. The highest BCUT2D eigenvalue weighted by Crippen LogP contribution is 2.07. The van der Waals surface area contributed by atoms with Crippen LogP contribution >= 0.6 is 0 Å². The topological polar surface area (TPSA) is 61.8 Å². The third kappa shape index (κ3) is 3.04. The number of hydrogen-bond acceptors (Lipinski definition) is 3. The van der Waals surface area contributed by atoms with Crippen LogP contribution in [0.1, 0.15) is 33.1 Å². The molecule has 1 aliphatic rings. The van der Waals surface area contributed by atoms with Gasteiger partial charge in [0.1, 0.15) is 5.71 Å². The van der Waals surface area contributed by atoms with Crippen LogP contribution in [-0.2, 0) is 9.59 Å². The maximum atomic E-state index is 11.6. The molecule has 84 valence electrons. The van der Waals surface area contributed by atoms with Gasteiger partial charge in [0.25, 0.3) is 5.91 Å². The van der Waals surface area contributed by atoms with E-state index in [0.717, 1.165) is 6.42 Å². The van der Waals surface area contributed by atoms with Gasteiger partial charge < -0.3 is 5.32 Å². The molecular weight excluding hydrogens is 194 g/mol. The number of amides is 2. The summed E-state index contributed by atoms with van der Waals surface area (Å²) in [5.74, 6) is -0.209. The quantitative estimate of drug-likeness (QED) is 0.739. The fraction of sp³-hybridized carbons (Fsp3) is 0.700. The zero-order chi connectivity index (χ0) is 11.4. The van der Waals surface area contributed by atoms with Crippen molar-refractivity contribution < 1.29 is 9.59 Å². The third-order valence-corrected chi connectivity index (χ3v) is 2.46. The van der Waals surface area contributed by atoms with Crippen LogP contribution < -0.4 is 5.32 Å². The SMILES string of the molecule is CC[C@H](C)NC(=O)C1=NN(C)C(=O)CC1. The van der Waals surface area contributed by atoms with Crippen LogP contribution in [0.15, 0.2) is 5.10 Å². The van der Waals surface area contributed by atoms with Gasteiger partial charge >= 0.3 is 0 Å². The largest absolute Gasteiger partial charge is 0.348 e. The number of hydrazone groups is 1. The lowest BCUT2D eigenvalue weighted by Crippen LogP contribution is -2.41. The maximum absolute atomic E-state index is 11.6. The normalized spacial score (nSPS) is 18.5. The molecule has 0 bridgehead atoms. The minimum absolute atomic E-state index is 0.0462. The lowest BCUT2D eigenvalue weighted by Gasteiger charge is -2.20. The van der Waals surface area contributed by atoms with E-state index >= 15 is 0 Å². The molecule has 0 saturated heterocycles. The van der Waals surface area contributed by atoms with Crippen molar-refractivity contribution in [2.75, 3.05) is 7.05 Å². The highest BCUT2D eigenvalue weighted by atomic mass is 16.2. The zero-order valence-corrected chi connectivity index (χ0v) is 9.41. The van der Waals surface area contributed by atoms with E-state index in [2.05, 4.69) is 10.4 Å². The van der Waals surface area contributed by atoms with E-state index in [0.29, 0.717) is 18.6 Å². The van der Waals surface area contributed by atoms with Crippen LogP contribution in [0.4, 0.5) is 0 Å². The molecule has 0 aromatic rings. The average molecular weight is 211 g/mol. The molecule has 0 aliphatic carbocycles. The second kappa shape index (κ2) is 4.91. The lowest BCUT2D eigenvalue weighted by molar-refractivity contribution is -0.130. The molecule has 0 saturated carbocycles. The summed E-state index contributed by atoms with van der Waals surface area (Å²) >= 11 is 0. The van der Waals surface area contributed by atoms with Crippen LogP contribution in [0.25, 0.3) is 0 Å². The Hall–Kier alpha value is -1.39. The highest BCUT2D eigenvalue weighted by Gasteiger charge is 2.22. The molecule has 1 rings (SSSR count). The van der Waals surface area contributed by atoms with Gasteiger partial charge in [0, 0.05) is 25.9 Å². The monoisotopic (exact) mass is 211 g/mol. The number of hydrogen-bond donors (Lipinski definition) is 1. The van der Waals surface area contributed by atoms with E-state index in [1.807, 2.05) is 13.8 Å². The van der Waals surface area contributed by atoms with Gasteiger partial charge in [0.05, 0.1) is 0 Å². The highest BCUT2D eigenvalue weighted by molar-refractivity contribution is 6.39. The molecular formula is C10H17N3O2. The fourth-order valence-corrected chi connectivity index (χ4v) is 1.24. The van der Waals surface area contributed by atoms with Gasteiger partial charge in [-0.3, -0.25) is 9.59 Å². The van der Waals surface area contributed by atoms with E-state index in [4.69, 9.17) is 0 Å². The maximum Gasteiger partial charge on any atom is 0.267 e. The van der Waals surface area contributed by atoms with Crippen molar-refractivity contribution in [2.45, 2.75) is 39.2 Å². The van der Waals surface area contributed by atoms with Crippen LogP contribution in [0.3, 0.4) is 0 Å². The first-order chi connectivity index (χ1) is 7.04. The number of nitrogens with one attached hydrogen (secondary N) is 1. The molecule has 1 N–H and O–H groups in total. The summed E-state index contributed by atoms with van der Waals surface area (Å²) in [6.07, 6.45) is 1.68. The van der Waals surface area contributed by atoms with Crippen molar-refractivity contribution in [3.8, 4) is 0 Å². The molecule has 1 heterocycles. The molecule has 5 nitrogen and oxygen atoms in total. The van der Waals surface area contributed by atoms with Gasteiger partial charge in [-0.15, -0.1) is 0 Å². The Morgan fingerprint density at radius 2 is 2.27 bits per heavy atom. The van der Waals surface area contributed by atoms with Gasteiger partial charge in [-0.05, 0) is 13.3 Å². The first-order valence-electron chi connectivity index (χ1n) is 5.19. The standard InChI is InChI=1S/C10H17N3O2/c1-4-7(2)11-10(15)8-5-6-9(14)13(3)12-8/h7H,4-6H2,1-3H3,(H,11,15)/t7-/m0/s1. The van der Waals surface area contributed by atoms with Crippen LogP contribution in [0, 0.1) is 0 Å². The Bertz CT molecular complexity index is 299. The second-order valence-corrected chi connectivity index (χ2v) is 3.75. The van der Waals surface area contributed by atoms with Gasteiger partial charge in [-0.1, -0.05) is 6.92 Å². The number of rotatable bonds is 3. The van der Waals surface area contributed by atoms with Crippen LogP contribution in [0.5, 0.6) is 0 Å². The van der Waals surface area contributed by atoms with Gasteiger partial charge in [-0.25, -0.2) is 5.01 Å². The molecule has 5 heteroatoms. The van der Waals surface area contributed by atoms with Crippen molar-refractivity contribution >= 4 is 17.5 Å². The summed E-state index contributed by atoms with van der Waals surface area (Å²) in [7, 11) is 1.57. The van der Waals surface area contributed by atoms with E-state index in [1.54, 1.807) is 7.05 Å². The lowest BCUT2D eigenvalue weighted by atomic mass is 10.1. The predicted molar refractivity (Wildman–Crippen MR) is 57.3 cm³/mol. The summed E-state index contributed by atoms with van der Waals surface area (Å²) in [5, 5.41) is 8.00. The molecule has 15 heavy (non-hydrogen) atoms. The summed E-state index contributed by atoms with van der Waals surface area (Å²) in [6, 6.07) is 0.142. The van der Waals surface area contributed by atoms with Gasteiger partial charge in [-0.2, -0.15) is 5.10 Å². The third-order valence-electron chi connectivity index (χ3n) is 2.46. The Kier molecular flexibility index (Phi) is 3.82. The average Bonchev–Trinajstić information content (AvgIpc) is 2.21. The van der Waals surface area contributed by atoms with Crippen molar-refractivity contribution in [3.63, 3.8) is 0 Å². The molecule has 1 aliphatic heterocycles. The summed E-state index contributed by atoms with van der Waals surface area (Å²) < 4.78 is 0. The molecule has 2 amide bonds. The van der Waals surface area contributed by atoms with E-state index in [1.165, 1.54) is 5.01 Å². The Morgan fingerprint density at radius 3 is 2.80 bits per heavy atom. The molecule has 0 aromatic carbocycles. The number of carbonyl (C=O) groups is 2. The van der Waals surface area contributed by atoms with Gasteiger partial charge in [0.15, 0.2) is 0 Å². The van der Waals surface area contributed by atoms with Crippen LogP contribution in [-0.4, -0.2) is 35.6 Å². The van der Waals surface area contributed by atoms with Crippen LogP contribution in [0.2, 0.25) is 0 Å². The fourth-order valence-electron chi connectivity index (χ4n) is 1.24. The van der Waals surface area contributed by atoms with Crippen molar-refractivity contribution in [1.29, 1.82) is 0 Å². The zero-order valence-electron chi connectivity index (χ0n) is 9.41. The van der Waals surface area contributed by atoms with Crippen molar-refractivity contribution in [2.24, 2.45) is 5.10 Å². The van der Waals surface area contributed by atoms with Crippen molar-refractivity contribution in [1.82, 2.24) is 10.3 Å². The molecule has 0 spiro atoms. The minimum Gasteiger partial charge on any atom is -0.348 e. The Labute approximate surface area is 89.5 Å². The van der Waals surface area contributed by atoms with Gasteiger partial charge in [0.2, 0.25) is 5.91 Å². The minimum atomic E-state index is -0.163. The van der Waals surface area contributed by atoms with E-state index < -0.39 is 0 Å². The summed E-state index contributed by atoms with van der Waals surface area (Å²) in [6.45, 7) is 3.94. The predicted octanol–water partition coefficient (Wildman–Crippen LogP) is 0.509. The Morgan fingerprint density at radius 1 is 1.60 bits per heavy atom. The molecule has 0 radical (unpaired) electrons. The van der Waals surface area contributed by atoms with Crippen molar-refractivity contribution in [3.05, 3.63) is 0 Å². The smallest absolute Gasteiger partial charge is 0.267 e. The van der Waals surface area contributed by atoms with E-state index in [9.17, 15) is 9.59 Å². The molecule has 0 unspecified atom stereocenters. The second-order valence-electron chi connectivity index (χ2n) is 3.75. The first-order valence-corrected chi connectivity index (χ1v) is 5.19. The van der Waals surface area contributed by atoms with E-state index in [-0.39, 0.29) is 17.9 Å². The molecule has 1 atom stereocenters. The number of nitrogens with zero attached hydrogens (tertiary/aromatic N) is 2. The first kappa shape index (κ1) is 11.7. The Balaban J connectivity index is 2.61. The molecule has 0 fully saturated rings. The summed E-state index contributed by atoms with van der Waals surface area (Å²) in [5.41, 5.74) is 0.442. The summed E-state index contributed by atoms with van der Waals surface area (Å²) in [4.78, 5) is 22.8.